The van der Waals surface area contributed by atoms with E-state index >= 15 is 0 Å². The second-order valence-electron chi connectivity index (χ2n) is 7.69. The van der Waals surface area contributed by atoms with Gasteiger partial charge in [-0.15, -0.1) is 0 Å². The molecule has 3 N–H and O–H groups in total. The maximum atomic E-state index is 12.4. The Morgan fingerprint density at radius 3 is 1.61 bits per heavy atom. The van der Waals surface area contributed by atoms with Gasteiger partial charge in [0.1, 0.15) is 5.75 Å². The highest BCUT2D eigenvalue weighted by atomic mass is 16.3. The molecular formula is C23H38N2O3. The maximum Gasteiger partial charge on any atom is 0.224 e. The molecule has 1 aromatic rings. The summed E-state index contributed by atoms with van der Waals surface area (Å²) in [6.07, 6.45) is 9.23. The van der Waals surface area contributed by atoms with Gasteiger partial charge in [-0.2, -0.15) is 0 Å². The highest BCUT2D eigenvalue weighted by Crippen LogP contribution is 2.39. The largest absolute Gasteiger partial charge is 0.505 e. The number of aromatic hydroxyl groups is 1. The Labute approximate surface area is 170 Å². The Morgan fingerprint density at radius 2 is 1.14 bits per heavy atom. The standard InChI is InChI=1S/C23H38N2O3/c1-6-8-10-12-14-19(26)24-21-16(3)17(4)23(28)22(18(21)5)25-20(27)15-13-11-9-7-2/h28H,6-15H2,1-5H3,(H,24,26)(H,25,27). The van der Waals surface area contributed by atoms with Crippen LogP contribution in [0.2, 0.25) is 0 Å². The Balaban J connectivity index is 2.89. The number of nitrogens with one attached hydrogen (secondary N) is 2. The predicted octanol–water partition coefficient (Wildman–Crippen LogP) is 6.14. The van der Waals surface area contributed by atoms with Gasteiger partial charge in [-0.25, -0.2) is 0 Å². The molecule has 158 valence electrons. The van der Waals surface area contributed by atoms with Gasteiger partial charge in [0.2, 0.25) is 11.8 Å². The summed E-state index contributed by atoms with van der Waals surface area (Å²) in [5.74, 6) is -0.0447. The van der Waals surface area contributed by atoms with Crippen LogP contribution in [0.1, 0.15) is 94.7 Å². The third-order valence-corrected chi connectivity index (χ3v) is 5.32. The smallest absolute Gasteiger partial charge is 0.224 e. The molecule has 5 nitrogen and oxygen atoms in total. The van der Waals surface area contributed by atoms with E-state index in [4.69, 9.17) is 0 Å². The normalized spacial score (nSPS) is 10.8. The van der Waals surface area contributed by atoms with Gasteiger partial charge >= 0.3 is 0 Å². The van der Waals surface area contributed by atoms with Crippen molar-refractivity contribution in [1.29, 1.82) is 0 Å². The summed E-state index contributed by atoms with van der Waals surface area (Å²) in [7, 11) is 0. The minimum atomic E-state index is -0.102. The first kappa shape index (κ1) is 24.0. The van der Waals surface area contributed by atoms with Gasteiger partial charge in [0.15, 0.2) is 0 Å². The summed E-state index contributed by atoms with van der Waals surface area (Å²) in [6.45, 7) is 9.79. The van der Waals surface area contributed by atoms with Gasteiger partial charge in [0, 0.05) is 24.1 Å². The molecule has 0 spiro atoms. The summed E-state index contributed by atoms with van der Waals surface area (Å²) in [6, 6.07) is 0. The molecule has 0 unspecified atom stereocenters. The van der Waals surface area contributed by atoms with E-state index < -0.39 is 0 Å². The van der Waals surface area contributed by atoms with Crippen LogP contribution < -0.4 is 10.6 Å². The second kappa shape index (κ2) is 12.4. The molecule has 0 saturated carbocycles. The fourth-order valence-electron chi connectivity index (χ4n) is 3.31. The summed E-state index contributed by atoms with van der Waals surface area (Å²) in [5, 5.41) is 16.4. The zero-order valence-corrected chi connectivity index (χ0v) is 18.3. The number of unbranched alkanes of at least 4 members (excludes halogenated alkanes) is 6. The monoisotopic (exact) mass is 390 g/mol. The molecule has 28 heavy (non-hydrogen) atoms. The van der Waals surface area contributed by atoms with Crippen molar-refractivity contribution in [3.63, 3.8) is 0 Å². The van der Waals surface area contributed by atoms with Crippen LogP contribution in [-0.2, 0) is 9.59 Å². The number of anilines is 2. The van der Waals surface area contributed by atoms with Crippen molar-refractivity contribution >= 4 is 23.2 Å². The van der Waals surface area contributed by atoms with Gasteiger partial charge in [-0.1, -0.05) is 52.4 Å². The van der Waals surface area contributed by atoms with Crippen LogP contribution in [0.5, 0.6) is 5.75 Å². The SMILES string of the molecule is CCCCCCC(=O)Nc1c(C)c(C)c(O)c(NC(=O)CCCCCC)c1C. The first-order valence-corrected chi connectivity index (χ1v) is 10.8. The number of phenols is 1. The fourth-order valence-corrected chi connectivity index (χ4v) is 3.31. The number of benzene rings is 1. The molecule has 0 aromatic heterocycles. The second-order valence-corrected chi connectivity index (χ2v) is 7.69. The third kappa shape index (κ3) is 7.17. The first-order valence-electron chi connectivity index (χ1n) is 10.8. The lowest BCUT2D eigenvalue weighted by Crippen LogP contribution is -2.17. The van der Waals surface area contributed by atoms with Gasteiger partial charge in [0.25, 0.3) is 0 Å². The van der Waals surface area contributed by atoms with Crippen LogP contribution in [0, 0.1) is 20.8 Å². The molecule has 5 heteroatoms. The Hall–Kier alpha value is -2.04. The molecule has 0 fully saturated rings. The Morgan fingerprint density at radius 1 is 0.679 bits per heavy atom. The van der Waals surface area contributed by atoms with E-state index in [1.165, 1.54) is 0 Å². The summed E-state index contributed by atoms with van der Waals surface area (Å²) >= 11 is 0. The van der Waals surface area contributed by atoms with Crippen LogP contribution in [0.3, 0.4) is 0 Å². The number of carbonyl (C=O) groups is 2. The lowest BCUT2D eigenvalue weighted by Gasteiger charge is -2.20. The lowest BCUT2D eigenvalue weighted by molar-refractivity contribution is -0.117. The summed E-state index contributed by atoms with van der Waals surface area (Å²) < 4.78 is 0. The Kier molecular flexibility index (Phi) is 10.6. The molecule has 0 aliphatic carbocycles. The third-order valence-electron chi connectivity index (χ3n) is 5.32. The predicted molar refractivity (Wildman–Crippen MR) is 117 cm³/mol. The van der Waals surface area contributed by atoms with Crippen molar-refractivity contribution in [1.82, 2.24) is 0 Å². The number of phenolic OH excluding ortho intramolecular Hbond substituents is 1. The average Bonchev–Trinajstić information content (AvgIpc) is 2.67. The molecule has 0 radical (unpaired) electrons. The van der Waals surface area contributed by atoms with Crippen LogP contribution in [0.25, 0.3) is 0 Å². The van der Waals surface area contributed by atoms with Crippen molar-refractivity contribution in [2.45, 2.75) is 98.8 Å². The topological polar surface area (TPSA) is 78.4 Å². The van der Waals surface area contributed by atoms with Crippen molar-refractivity contribution in [3.05, 3.63) is 16.7 Å². The van der Waals surface area contributed by atoms with E-state index in [0.717, 1.165) is 56.9 Å². The molecule has 0 atom stereocenters. The van der Waals surface area contributed by atoms with Crippen LogP contribution >= 0.6 is 0 Å². The van der Waals surface area contributed by atoms with Crippen molar-refractivity contribution < 1.29 is 14.7 Å². The number of amides is 2. The van der Waals surface area contributed by atoms with Crippen molar-refractivity contribution in [2.24, 2.45) is 0 Å². The number of carbonyl (C=O) groups excluding carboxylic acids is 2. The molecule has 0 saturated heterocycles. The number of rotatable bonds is 12. The van der Waals surface area contributed by atoms with Gasteiger partial charge < -0.3 is 15.7 Å². The lowest BCUT2D eigenvalue weighted by atomic mass is 9.99. The molecular weight excluding hydrogens is 352 g/mol. The summed E-state index contributed by atoms with van der Waals surface area (Å²) in [4.78, 5) is 24.7. The maximum absolute atomic E-state index is 12.4. The molecule has 0 aliphatic heterocycles. The summed E-state index contributed by atoms with van der Waals surface area (Å²) in [5.41, 5.74) is 3.30. The fraction of sp³-hybridized carbons (Fsp3) is 0.652. The zero-order chi connectivity index (χ0) is 21.1. The van der Waals surface area contributed by atoms with E-state index in [1.807, 2.05) is 13.8 Å². The van der Waals surface area contributed by atoms with Gasteiger partial charge in [0.05, 0.1) is 5.69 Å². The molecule has 2 amide bonds. The van der Waals surface area contributed by atoms with Crippen LogP contribution in [-0.4, -0.2) is 16.9 Å². The quantitative estimate of drug-likeness (QED) is 0.228. The van der Waals surface area contributed by atoms with E-state index in [1.54, 1.807) is 6.92 Å². The van der Waals surface area contributed by atoms with E-state index in [0.29, 0.717) is 35.3 Å². The van der Waals surface area contributed by atoms with Crippen LogP contribution in [0.4, 0.5) is 11.4 Å². The van der Waals surface area contributed by atoms with Gasteiger partial charge in [-0.05, 0) is 44.7 Å². The molecule has 0 aliphatic rings. The van der Waals surface area contributed by atoms with Crippen molar-refractivity contribution in [2.75, 3.05) is 10.6 Å². The van der Waals surface area contributed by atoms with E-state index in [9.17, 15) is 14.7 Å². The van der Waals surface area contributed by atoms with Crippen molar-refractivity contribution in [3.8, 4) is 5.75 Å². The minimum absolute atomic E-state index is 0.0239. The van der Waals surface area contributed by atoms with E-state index in [2.05, 4.69) is 24.5 Å². The minimum Gasteiger partial charge on any atom is -0.505 e. The number of hydrogen-bond donors (Lipinski definition) is 3. The van der Waals surface area contributed by atoms with E-state index in [-0.39, 0.29) is 17.6 Å². The van der Waals surface area contributed by atoms with Gasteiger partial charge in [-0.3, -0.25) is 9.59 Å². The highest BCUT2D eigenvalue weighted by molar-refractivity contribution is 5.98. The molecule has 1 aromatic carbocycles. The Bertz CT molecular complexity index is 615. The molecule has 1 rings (SSSR count). The molecule has 0 bridgehead atoms. The highest BCUT2D eigenvalue weighted by Gasteiger charge is 2.19. The van der Waals surface area contributed by atoms with Crippen LogP contribution in [0.15, 0.2) is 0 Å². The zero-order valence-electron chi connectivity index (χ0n) is 18.3. The number of hydrogen-bond acceptors (Lipinski definition) is 3. The molecule has 0 heterocycles. The average molecular weight is 391 g/mol. The first-order chi connectivity index (χ1) is 13.3.